The van der Waals surface area contributed by atoms with E-state index in [-0.39, 0.29) is 24.4 Å². The zero-order valence-corrected chi connectivity index (χ0v) is 11.1. The summed E-state index contributed by atoms with van der Waals surface area (Å²) < 4.78 is 0. The number of amides is 2. The van der Waals surface area contributed by atoms with E-state index in [2.05, 4.69) is 10.6 Å². The van der Waals surface area contributed by atoms with Crippen LogP contribution in [0.3, 0.4) is 0 Å². The molecule has 2 N–H and O–H groups in total. The van der Waals surface area contributed by atoms with Gasteiger partial charge in [0.05, 0.1) is 12.6 Å². The smallest absolute Gasteiger partial charge is 0.240 e. The summed E-state index contributed by atoms with van der Waals surface area (Å²) in [6, 6.07) is 0.470. The van der Waals surface area contributed by atoms with Crippen LogP contribution in [0.15, 0.2) is 0 Å². The predicted molar refractivity (Wildman–Crippen MR) is 69.1 cm³/mol. The molecule has 102 valence electrons. The van der Waals surface area contributed by atoms with Crippen molar-refractivity contribution in [1.82, 2.24) is 15.5 Å². The number of carbonyl (C=O) groups is 2. The quantitative estimate of drug-likeness (QED) is 0.713. The van der Waals surface area contributed by atoms with Crippen molar-refractivity contribution in [1.29, 1.82) is 0 Å². The van der Waals surface area contributed by atoms with Crippen molar-refractivity contribution in [2.24, 2.45) is 0 Å². The molecule has 1 saturated carbocycles. The highest BCUT2D eigenvalue weighted by molar-refractivity contribution is 5.88. The number of hydrogen-bond acceptors (Lipinski definition) is 3. The van der Waals surface area contributed by atoms with Crippen molar-refractivity contribution in [2.75, 3.05) is 19.6 Å². The van der Waals surface area contributed by atoms with Gasteiger partial charge in [-0.15, -0.1) is 0 Å². The van der Waals surface area contributed by atoms with Gasteiger partial charge in [0.15, 0.2) is 0 Å². The SMILES string of the molecule is CCCNC(=O)CN1CCCC(NC2CC2)C1=O. The maximum absolute atomic E-state index is 12.2. The largest absolute Gasteiger partial charge is 0.355 e. The minimum atomic E-state index is -0.0646. The highest BCUT2D eigenvalue weighted by Gasteiger charge is 2.33. The molecule has 5 heteroatoms. The Hall–Kier alpha value is -1.10. The number of hydrogen-bond donors (Lipinski definition) is 2. The Balaban J connectivity index is 1.79. The molecule has 1 atom stereocenters. The van der Waals surface area contributed by atoms with E-state index >= 15 is 0 Å². The Bertz CT molecular complexity index is 315. The zero-order valence-electron chi connectivity index (χ0n) is 11.1. The van der Waals surface area contributed by atoms with Crippen molar-refractivity contribution >= 4 is 11.8 Å². The summed E-state index contributed by atoms with van der Waals surface area (Å²) in [5.74, 6) is 0.0528. The molecular formula is C13H23N3O2. The molecule has 0 bridgehead atoms. The summed E-state index contributed by atoms with van der Waals surface area (Å²) in [5.41, 5.74) is 0. The fraction of sp³-hybridized carbons (Fsp3) is 0.846. The number of carbonyl (C=O) groups excluding carboxylic acids is 2. The first-order chi connectivity index (χ1) is 8.70. The van der Waals surface area contributed by atoms with Gasteiger partial charge < -0.3 is 15.5 Å². The number of rotatable bonds is 6. The molecule has 0 aromatic heterocycles. The van der Waals surface area contributed by atoms with Crippen LogP contribution in [-0.4, -0.2) is 48.4 Å². The standard InChI is InChI=1S/C13H23N3O2/c1-2-7-14-12(17)9-16-8-3-4-11(13(16)18)15-10-5-6-10/h10-11,15H,2-9H2,1H3,(H,14,17). The van der Waals surface area contributed by atoms with E-state index < -0.39 is 0 Å². The van der Waals surface area contributed by atoms with E-state index in [1.807, 2.05) is 6.92 Å². The Morgan fingerprint density at radius 1 is 1.39 bits per heavy atom. The van der Waals surface area contributed by atoms with Gasteiger partial charge in [0.1, 0.15) is 0 Å². The maximum Gasteiger partial charge on any atom is 0.240 e. The predicted octanol–water partition coefficient (Wildman–Crippen LogP) is 0.256. The van der Waals surface area contributed by atoms with E-state index in [1.165, 1.54) is 12.8 Å². The lowest BCUT2D eigenvalue weighted by Crippen LogP contribution is -2.53. The fourth-order valence-corrected chi connectivity index (χ4v) is 2.28. The van der Waals surface area contributed by atoms with Crippen LogP contribution in [0.1, 0.15) is 39.0 Å². The van der Waals surface area contributed by atoms with Gasteiger partial charge in [-0.25, -0.2) is 0 Å². The molecule has 18 heavy (non-hydrogen) atoms. The van der Waals surface area contributed by atoms with Crippen molar-refractivity contribution in [3.63, 3.8) is 0 Å². The number of nitrogens with one attached hydrogen (secondary N) is 2. The minimum Gasteiger partial charge on any atom is -0.355 e. The lowest BCUT2D eigenvalue weighted by atomic mass is 10.0. The van der Waals surface area contributed by atoms with E-state index in [0.717, 1.165) is 19.3 Å². The summed E-state index contributed by atoms with van der Waals surface area (Å²) in [4.78, 5) is 25.5. The Morgan fingerprint density at radius 3 is 2.83 bits per heavy atom. The average Bonchev–Trinajstić information content (AvgIpc) is 3.16. The van der Waals surface area contributed by atoms with Gasteiger partial charge in [-0.3, -0.25) is 9.59 Å². The van der Waals surface area contributed by atoms with Gasteiger partial charge in [-0.1, -0.05) is 6.92 Å². The van der Waals surface area contributed by atoms with Gasteiger partial charge >= 0.3 is 0 Å². The summed E-state index contributed by atoms with van der Waals surface area (Å²) >= 11 is 0. The molecule has 0 aromatic rings. The molecular weight excluding hydrogens is 230 g/mol. The van der Waals surface area contributed by atoms with Crippen molar-refractivity contribution < 1.29 is 9.59 Å². The second-order valence-corrected chi connectivity index (χ2v) is 5.25. The highest BCUT2D eigenvalue weighted by Crippen LogP contribution is 2.22. The van der Waals surface area contributed by atoms with Crippen LogP contribution in [0.25, 0.3) is 0 Å². The molecule has 1 unspecified atom stereocenters. The van der Waals surface area contributed by atoms with Gasteiger partial charge in [-0.05, 0) is 32.1 Å². The van der Waals surface area contributed by atoms with Crippen molar-refractivity contribution in [3.8, 4) is 0 Å². The first-order valence-corrected chi connectivity index (χ1v) is 7.02. The summed E-state index contributed by atoms with van der Waals surface area (Å²) in [5, 5.41) is 6.18. The molecule has 1 aliphatic heterocycles. The second kappa shape index (κ2) is 6.18. The molecule has 2 amide bonds. The molecule has 1 saturated heterocycles. The normalized spacial score (nSPS) is 24.2. The first-order valence-electron chi connectivity index (χ1n) is 7.02. The molecule has 1 heterocycles. The number of nitrogens with zero attached hydrogens (tertiary/aromatic N) is 1. The van der Waals surface area contributed by atoms with E-state index in [0.29, 0.717) is 19.1 Å². The lowest BCUT2D eigenvalue weighted by Gasteiger charge is -2.32. The average molecular weight is 253 g/mol. The minimum absolute atomic E-state index is 0.0442. The van der Waals surface area contributed by atoms with Crippen LogP contribution in [0.5, 0.6) is 0 Å². The van der Waals surface area contributed by atoms with Gasteiger partial charge in [0, 0.05) is 19.1 Å². The number of likely N-dealkylation sites (tertiary alicyclic amines) is 1. The Labute approximate surface area is 108 Å². The van der Waals surface area contributed by atoms with E-state index in [4.69, 9.17) is 0 Å². The molecule has 0 radical (unpaired) electrons. The zero-order chi connectivity index (χ0) is 13.0. The number of piperidine rings is 1. The van der Waals surface area contributed by atoms with Crippen molar-refractivity contribution in [3.05, 3.63) is 0 Å². The van der Waals surface area contributed by atoms with Crippen LogP contribution in [0, 0.1) is 0 Å². The topological polar surface area (TPSA) is 61.4 Å². The summed E-state index contributed by atoms with van der Waals surface area (Å²) in [6.45, 7) is 3.62. The Morgan fingerprint density at radius 2 is 2.17 bits per heavy atom. The molecule has 0 spiro atoms. The monoisotopic (exact) mass is 253 g/mol. The second-order valence-electron chi connectivity index (χ2n) is 5.25. The van der Waals surface area contributed by atoms with E-state index in [1.54, 1.807) is 4.90 Å². The Kier molecular flexibility index (Phi) is 4.58. The molecule has 5 nitrogen and oxygen atoms in total. The lowest BCUT2D eigenvalue weighted by molar-refractivity contribution is -0.140. The van der Waals surface area contributed by atoms with E-state index in [9.17, 15) is 9.59 Å². The maximum atomic E-state index is 12.2. The van der Waals surface area contributed by atoms with Gasteiger partial charge in [0.2, 0.25) is 11.8 Å². The van der Waals surface area contributed by atoms with Crippen LogP contribution in [-0.2, 0) is 9.59 Å². The third-order valence-electron chi connectivity index (χ3n) is 3.45. The molecule has 2 aliphatic rings. The summed E-state index contributed by atoms with van der Waals surface area (Å²) in [7, 11) is 0. The van der Waals surface area contributed by atoms with Gasteiger partial charge in [0.25, 0.3) is 0 Å². The van der Waals surface area contributed by atoms with Crippen LogP contribution < -0.4 is 10.6 Å². The van der Waals surface area contributed by atoms with Crippen LogP contribution in [0.4, 0.5) is 0 Å². The fourth-order valence-electron chi connectivity index (χ4n) is 2.28. The summed E-state index contributed by atoms with van der Waals surface area (Å²) in [6.07, 6.45) is 5.17. The van der Waals surface area contributed by atoms with Crippen molar-refractivity contribution in [2.45, 2.75) is 51.1 Å². The molecule has 1 aliphatic carbocycles. The third-order valence-corrected chi connectivity index (χ3v) is 3.45. The van der Waals surface area contributed by atoms with Crippen LogP contribution >= 0.6 is 0 Å². The third kappa shape index (κ3) is 3.70. The molecule has 2 fully saturated rings. The van der Waals surface area contributed by atoms with Gasteiger partial charge in [-0.2, -0.15) is 0 Å². The molecule has 2 rings (SSSR count). The van der Waals surface area contributed by atoms with Crippen LogP contribution in [0.2, 0.25) is 0 Å². The first kappa shape index (κ1) is 13.3. The highest BCUT2D eigenvalue weighted by atomic mass is 16.2. The molecule has 0 aromatic carbocycles.